The van der Waals surface area contributed by atoms with Crippen LogP contribution in [0.2, 0.25) is 0 Å². The maximum atomic E-state index is 8.94. The summed E-state index contributed by atoms with van der Waals surface area (Å²) in [5.74, 6) is 0.895. The van der Waals surface area contributed by atoms with Gasteiger partial charge in [-0.05, 0) is 50.2 Å². The molecule has 1 unspecified atom stereocenters. The van der Waals surface area contributed by atoms with Crippen molar-refractivity contribution in [2.75, 3.05) is 0 Å². The molecule has 3 N–H and O–H groups in total. The van der Waals surface area contributed by atoms with E-state index in [9.17, 15) is 0 Å². The summed E-state index contributed by atoms with van der Waals surface area (Å²) >= 11 is 0. The summed E-state index contributed by atoms with van der Waals surface area (Å²) in [6, 6.07) is 1.96. The lowest BCUT2D eigenvalue weighted by Crippen LogP contribution is -2.24. The highest BCUT2D eigenvalue weighted by Crippen LogP contribution is 2.27. The molecule has 2 rings (SSSR count). The number of aromatic nitrogens is 1. The fraction of sp³-hybridized carbons (Fsp3) is 0.600. The Kier molecular flexibility index (Phi) is 4.47. The van der Waals surface area contributed by atoms with Crippen molar-refractivity contribution in [1.82, 2.24) is 4.98 Å². The van der Waals surface area contributed by atoms with E-state index in [0.717, 1.165) is 31.4 Å². The number of rotatable bonds is 4. The first-order chi connectivity index (χ1) is 9.52. The third-order valence-electron chi connectivity index (χ3n) is 3.89. The molecule has 1 aromatic rings. The van der Waals surface area contributed by atoms with Crippen LogP contribution in [0.5, 0.6) is 5.88 Å². The first kappa shape index (κ1) is 14.6. The van der Waals surface area contributed by atoms with E-state index in [-0.39, 0.29) is 11.9 Å². The van der Waals surface area contributed by atoms with Gasteiger partial charge in [-0.25, -0.2) is 4.98 Å². The van der Waals surface area contributed by atoms with E-state index in [4.69, 9.17) is 15.7 Å². The maximum absolute atomic E-state index is 8.94. The second-order valence-electron chi connectivity index (χ2n) is 5.71. The molecule has 0 spiro atoms. The number of amidine groups is 1. The van der Waals surface area contributed by atoms with Gasteiger partial charge in [0.25, 0.3) is 0 Å². The van der Waals surface area contributed by atoms with Crippen LogP contribution < -0.4 is 10.5 Å². The van der Waals surface area contributed by atoms with Gasteiger partial charge >= 0.3 is 0 Å². The third kappa shape index (κ3) is 3.03. The summed E-state index contributed by atoms with van der Waals surface area (Å²) in [5, 5.41) is 12.0. The second kappa shape index (κ2) is 6.11. The van der Waals surface area contributed by atoms with Gasteiger partial charge in [-0.2, -0.15) is 0 Å². The number of nitrogens with zero attached hydrogens (tertiary/aromatic N) is 2. The van der Waals surface area contributed by atoms with Crippen molar-refractivity contribution < 1.29 is 9.94 Å². The molecule has 0 saturated heterocycles. The molecule has 1 atom stereocenters. The minimum atomic E-state index is 0.0226. The van der Waals surface area contributed by atoms with Gasteiger partial charge in [-0.15, -0.1) is 0 Å². The lowest BCUT2D eigenvalue weighted by Gasteiger charge is -2.22. The Morgan fingerprint density at radius 2 is 2.05 bits per heavy atom. The SMILES string of the molecule is CC(C)C(C)Oc1nc2c(cc1C(N)=NO)CCCC2. The van der Waals surface area contributed by atoms with Crippen LogP contribution in [0.25, 0.3) is 0 Å². The zero-order chi connectivity index (χ0) is 14.7. The average Bonchev–Trinajstić information content (AvgIpc) is 2.45. The molecule has 0 saturated carbocycles. The monoisotopic (exact) mass is 277 g/mol. The molecular formula is C15H23N3O2. The molecule has 0 radical (unpaired) electrons. The number of aryl methyl sites for hydroxylation is 2. The van der Waals surface area contributed by atoms with Crippen molar-refractivity contribution in [1.29, 1.82) is 0 Å². The van der Waals surface area contributed by atoms with Gasteiger partial charge in [-0.3, -0.25) is 0 Å². The van der Waals surface area contributed by atoms with E-state index in [0.29, 0.717) is 17.4 Å². The Morgan fingerprint density at radius 1 is 1.35 bits per heavy atom. The number of pyridine rings is 1. The predicted molar refractivity (Wildman–Crippen MR) is 78.3 cm³/mol. The number of hydrogen-bond acceptors (Lipinski definition) is 4. The molecule has 0 aromatic carbocycles. The van der Waals surface area contributed by atoms with Crippen molar-refractivity contribution in [3.63, 3.8) is 0 Å². The summed E-state index contributed by atoms with van der Waals surface area (Å²) in [6.07, 6.45) is 4.30. The number of ether oxygens (including phenoxy) is 1. The van der Waals surface area contributed by atoms with Crippen LogP contribution in [0, 0.1) is 5.92 Å². The molecule has 0 aliphatic heterocycles. The van der Waals surface area contributed by atoms with Crippen molar-refractivity contribution in [2.24, 2.45) is 16.8 Å². The normalized spacial score (nSPS) is 16.9. The van der Waals surface area contributed by atoms with Crippen molar-refractivity contribution >= 4 is 5.84 Å². The quantitative estimate of drug-likeness (QED) is 0.383. The average molecular weight is 277 g/mol. The Bertz CT molecular complexity index is 512. The molecule has 110 valence electrons. The van der Waals surface area contributed by atoms with Gasteiger partial charge in [0.15, 0.2) is 5.84 Å². The molecule has 1 heterocycles. The number of oxime groups is 1. The third-order valence-corrected chi connectivity index (χ3v) is 3.89. The summed E-state index contributed by atoms with van der Waals surface area (Å²) in [7, 11) is 0. The standard InChI is InChI=1S/C15H23N3O2/c1-9(2)10(3)20-15-12(14(16)18-19)8-11-6-4-5-7-13(11)17-15/h8-10,19H,4-7H2,1-3H3,(H2,16,18). The zero-order valence-corrected chi connectivity index (χ0v) is 12.4. The number of hydrogen-bond donors (Lipinski definition) is 2. The lowest BCUT2D eigenvalue weighted by molar-refractivity contribution is 0.162. The minimum Gasteiger partial charge on any atom is -0.474 e. The van der Waals surface area contributed by atoms with Gasteiger partial charge in [-0.1, -0.05) is 19.0 Å². The molecule has 5 heteroatoms. The summed E-state index contributed by atoms with van der Waals surface area (Å²) in [6.45, 7) is 6.18. The molecule has 0 bridgehead atoms. The Labute approximate surface area is 119 Å². The molecular weight excluding hydrogens is 254 g/mol. The Balaban J connectivity index is 2.41. The van der Waals surface area contributed by atoms with Gasteiger partial charge in [0.1, 0.15) is 0 Å². The van der Waals surface area contributed by atoms with E-state index < -0.39 is 0 Å². The highest BCUT2D eigenvalue weighted by Gasteiger charge is 2.20. The van der Waals surface area contributed by atoms with Crippen molar-refractivity contribution in [3.8, 4) is 5.88 Å². The molecule has 5 nitrogen and oxygen atoms in total. The van der Waals surface area contributed by atoms with Gasteiger partial charge in [0.2, 0.25) is 5.88 Å². The van der Waals surface area contributed by atoms with Gasteiger partial charge < -0.3 is 15.7 Å². The molecule has 1 aliphatic rings. The van der Waals surface area contributed by atoms with Crippen molar-refractivity contribution in [2.45, 2.75) is 52.6 Å². The topological polar surface area (TPSA) is 80.7 Å². The Morgan fingerprint density at radius 3 is 2.70 bits per heavy atom. The number of fused-ring (bicyclic) bond motifs is 1. The van der Waals surface area contributed by atoms with E-state index >= 15 is 0 Å². The van der Waals surface area contributed by atoms with Crippen LogP contribution in [0.4, 0.5) is 0 Å². The van der Waals surface area contributed by atoms with Crippen LogP contribution in [0.1, 0.15) is 50.4 Å². The maximum Gasteiger partial charge on any atom is 0.225 e. The van der Waals surface area contributed by atoms with Gasteiger partial charge in [0, 0.05) is 5.69 Å². The largest absolute Gasteiger partial charge is 0.474 e. The van der Waals surface area contributed by atoms with E-state index in [1.54, 1.807) is 0 Å². The fourth-order valence-corrected chi connectivity index (χ4v) is 2.25. The van der Waals surface area contributed by atoms with E-state index in [1.165, 1.54) is 5.56 Å². The van der Waals surface area contributed by atoms with E-state index in [2.05, 4.69) is 24.0 Å². The van der Waals surface area contributed by atoms with Crippen LogP contribution >= 0.6 is 0 Å². The smallest absolute Gasteiger partial charge is 0.225 e. The first-order valence-electron chi connectivity index (χ1n) is 7.20. The fourth-order valence-electron chi connectivity index (χ4n) is 2.25. The molecule has 1 aromatic heterocycles. The van der Waals surface area contributed by atoms with E-state index in [1.807, 2.05) is 13.0 Å². The summed E-state index contributed by atoms with van der Waals surface area (Å²) in [5.41, 5.74) is 8.61. The summed E-state index contributed by atoms with van der Waals surface area (Å²) < 4.78 is 5.91. The van der Waals surface area contributed by atoms with Crippen LogP contribution in [0.15, 0.2) is 11.2 Å². The van der Waals surface area contributed by atoms with Crippen LogP contribution in [0.3, 0.4) is 0 Å². The first-order valence-corrected chi connectivity index (χ1v) is 7.20. The molecule has 0 fully saturated rings. The molecule has 20 heavy (non-hydrogen) atoms. The highest BCUT2D eigenvalue weighted by atomic mass is 16.5. The highest BCUT2D eigenvalue weighted by molar-refractivity contribution is 5.99. The summed E-state index contributed by atoms with van der Waals surface area (Å²) in [4.78, 5) is 4.61. The molecule has 0 amide bonds. The lowest BCUT2D eigenvalue weighted by atomic mass is 9.94. The minimum absolute atomic E-state index is 0.0226. The van der Waals surface area contributed by atoms with Crippen molar-refractivity contribution in [3.05, 3.63) is 22.9 Å². The predicted octanol–water partition coefficient (Wildman–Crippen LogP) is 2.48. The molecule has 1 aliphatic carbocycles. The zero-order valence-electron chi connectivity index (χ0n) is 12.4. The van der Waals surface area contributed by atoms with Crippen LogP contribution in [-0.2, 0) is 12.8 Å². The second-order valence-corrected chi connectivity index (χ2v) is 5.71. The number of nitrogens with two attached hydrogens (primary N) is 1. The van der Waals surface area contributed by atoms with Crippen LogP contribution in [-0.4, -0.2) is 22.1 Å². The Hall–Kier alpha value is -1.78. The van der Waals surface area contributed by atoms with Gasteiger partial charge in [0.05, 0.1) is 11.7 Å².